The van der Waals surface area contributed by atoms with Crippen LogP contribution in [0, 0.1) is 0 Å². The highest BCUT2D eigenvalue weighted by molar-refractivity contribution is 7.07. The van der Waals surface area contributed by atoms with Crippen LogP contribution in [0.4, 0.5) is 0 Å². The zero-order valence-corrected chi connectivity index (χ0v) is 11.3. The van der Waals surface area contributed by atoms with Gasteiger partial charge in [0.15, 0.2) is 0 Å². The smallest absolute Gasteiger partial charge is 0.333 e. The standard InChI is InChI=1S/C13H19NO2S/c1-10(13(15)16-3)4-6-14-11(2)8-12-5-7-17-9-12/h4-5,7,9,11,14H,6,8H2,1-3H3/b10-4+. The number of ether oxygens (including phenoxy) is 1. The molecule has 0 amide bonds. The molecule has 3 nitrogen and oxygen atoms in total. The highest BCUT2D eigenvalue weighted by atomic mass is 32.1. The van der Waals surface area contributed by atoms with E-state index in [1.807, 2.05) is 6.08 Å². The Morgan fingerprint density at radius 2 is 2.41 bits per heavy atom. The van der Waals surface area contributed by atoms with Gasteiger partial charge in [-0.1, -0.05) is 6.08 Å². The van der Waals surface area contributed by atoms with Crippen molar-refractivity contribution in [2.24, 2.45) is 0 Å². The summed E-state index contributed by atoms with van der Waals surface area (Å²) in [6.07, 6.45) is 2.87. The van der Waals surface area contributed by atoms with Crippen molar-refractivity contribution in [1.29, 1.82) is 0 Å². The molecule has 1 aromatic heterocycles. The van der Waals surface area contributed by atoms with Gasteiger partial charge in [-0.25, -0.2) is 4.79 Å². The lowest BCUT2D eigenvalue weighted by molar-refractivity contribution is -0.136. The number of carbonyl (C=O) groups excluding carboxylic acids is 1. The van der Waals surface area contributed by atoms with E-state index in [4.69, 9.17) is 0 Å². The van der Waals surface area contributed by atoms with E-state index < -0.39 is 0 Å². The molecule has 1 N–H and O–H groups in total. The molecule has 0 aliphatic heterocycles. The minimum absolute atomic E-state index is 0.266. The molecule has 1 aromatic rings. The Morgan fingerprint density at radius 1 is 1.65 bits per heavy atom. The summed E-state index contributed by atoms with van der Waals surface area (Å²) in [7, 11) is 1.40. The summed E-state index contributed by atoms with van der Waals surface area (Å²) in [5.74, 6) is -0.266. The highest BCUT2D eigenvalue weighted by Crippen LogP contribution is 2.08. The Labute approximate surface area is 106 Å². The predicted molar refractivity (Wildman–Crippen MR) is 71.3 cm³/mol. The van der Waals surface area contributed by atoms with E-state index in [1.165, 1.54) is 12.7 Å². The SMILES string of the molecule is COC(=O)/C(C)=C/CNC(C)Cc1ccsc1. The van der Waals surface area contributed by atoms with E-state index in [0.29, 0.717) is 18.2 Å². The molecular formula is C13H19NO2S. The van der Waals surface area contributed by atoms with Crippen LogP contribution in [0.3, 0.4) is 0 Å². The fraction of sp³-hybridized carbons (Fsp3) is 0.462. The third kappa shape index (κ3) is 5.15. The maximum Gasteiger partial charge on any atom is 0.333 e. The van der Waals surface area contributed by atoms with Crippen molar-refractivity contribution in [3.05, 3.63) is 34.0 Å². The lowest BCUT2D eigenvalue weighted by Crippen LogP contribution is -2.28. The van der Waals surface area contributed by atoms with E-state index >= 15 is 0 Å². The molecule has 1 rings (SSSR count). The van der Waals surface area contributed by atoms with E-state index in [1.54, 1.807) is 18.3 Å². The van der Waals surface area contributed by atoms with Gasteiger partial charge in [0.25, 0.3) is 0 Å². The minimum atomic E-state index is -0.266. The first-order chi connectivity index (χ1) is 8.13. The van der Waals surface area contributed by atoms with Crippen LogP contribution in [0.5, 0.6) is 0 Å². The van der Waals surface area contributed by atoms with Gasteiger partial charge in [-0.15, -0.1) is 0 Å². The summed E-state index contributed by atoms with van der Waals surface area (Å²) in [6.45, 7) is 4.59. The van der Waals surface area contributed by atoms with Crippen molar-refractivity contribution in [2.75, 3.05) is 13.7 Å². The number of esters is 1. The number of carbonyl (C=O) groups is 1. The number of hydrogen-bond acceptors (Lipinski definition) is 4. The minimum Gasteiger partial charge on any atom is -0.466 e. The first-order valence-corrected chi connectivity index (χ1v) is 6.57. The molecule has 1 heterocycles. The second-order valence-corrected chi connectivity index (χ2v) is 4.80. The fourth-order valence-electron chi connectivity index (χ4n) is 1.49. The zero-order chi connectivity index (χ0) is 12.7. The van der Waals surface area contributed by atoms with E-state index in [9.17, 15) is 4.79 Å². The molecule has 1 atom stereocenters. The van der Waals surface area contributed by atoms with E-state index in [0.717, 1.165) is 6.42 Å². The van der Waals surface area contributed by atoms with Crippen molar-refractivity contribution in [2.45, 2.75) is 26.3 Å². The predicted octanol–water partition coefficient (Wildman–Crippen LogP) is 2.39. The molecule has 17 heavy (non-hydrogen) atoms. The third-order valence-electron chi connectivity index (χ3n) is 2.50. The molecule has 0 bridgehead atoms. The summed E-state index contributed by atoms with van der Waals surface area (Å²) in [4.78, 5) is 11.1. The van der Waals surface area contributed by atoms with Crippen LogP contribution < -0.4 is 5.32 Å². The van der Waals surface area contributed by atoms with Gasteiger partial charge in [0, 0.05) is 18.2 Å². The van der Waals surface area contributed by atoms with Crippen molar-refractivity contribution >= 4 is 17.3 Å². The van der Waals surface area contributed by atoms with Crippen LogP contribution in [-0.2, 0) is 16.0 Å². The Kier molecular flexibility index (Phi) is 5.94. The molecule has 0 aliphatic carbocycles. The molecule has 0 radical (unpaired) electrons. The first-order valence-electron chi connectivity index (χ1n) is 5.63. The number of thiophene rings is 1. The van der Waals surface area contributed by atoms with Gasteiger partial charge < -0.3 is 10.1 Å². The van der Waals surface area contributed by atoms with Gasteiger partial charge in [-0.3, -0.25) is 0 Å². The topological polar surface area (TPSA) is 38.3 Å². The lowest BCUT2D eigenvalue weighted by Gasteiger charge is -2.11. The van der Waals surface area contributed by atoms with Crippen molar-refractivity contribution < 1.29 is 9.53 Å². The van der Waals surface area contributed by atoms with Crippen molar-refractivity contribution in [1.82, 2.24) is 5.32 Å². The van der Waals surface area contributed by atoms with Crippen LogP contribution in [-0.4, -0.2) is 25.7 Å². The number of hydrogen-bond donors (Lipinski definition) is 1. The van der Waals surface area contributed by atoms with Gasteiger partial charge >= 0.3 is 5.97 Å². The molecule has 0 aromatic carbocycles. The number of rotatable bonds is 6. The molecular weight excluding hydrogens is 234 g/mol. The number of methoxy groups -OCH3 is 1. The average molecular weight is 253 g/mol. The van der Waals surface area contributed by atoms with Gasteiger partial charge in [0.05, 0.1) is 7.11 Å². The largest absolute Gasteiger partial charge is 0.466 e. The van der Waals surface area contributed by atoms with Gasteiger partial charge in [-0.2, -0.15) is 11.3 Å². The van der Waals surface area contributed by atoms with Crippen molar-refractivity contribution in [3.63, 3.8) is 0 Å². The molecule has 4 heteroatoms. The molecule has 0 fully saturated rings. The summed E-state index contributed by atoms with van der Waals surface area (Å²) < 4.78 is 4.62. The molecule has 0 spiro atoms. The van der Waals surface area contributed by atoms with Crippen LogP contribution in [0.2, 0.25) is 0 Å². The molecule has 0 saturated heterocycles. The Morgan fingerprint density at radius 3 is 3.00 bits per heavy atom. The van der Waals surface area contributed by atoms with Crippen molar-refractivity contribution in [3.8, 4) is 0 Å². The van der Waals surface area contributed by atoms with Crippen LogP contribution in [0.15, 0.2) is 28.5 Å². The van der Waals surface area contributed by atoms with Crippen LogP contribution >= 0.6 is 11.3 Å². The molecule has 0 saturated carbocycles. The third-order valence-corrected chi connectivity index (χ3v) is 3.24. The number of nitrogens with one attached hydrogen (secondary N) is 1. The van der Waals surface area contributed by atoms with Gasteiger partial charge in [-0.05, 0) is 42.7 Å². The fourth-order valence-corrected chi connectivity index (χ4v) is 2.17. The summed E-state index contributed by atoms with van der Waals surface area (Å²) in [5.41, 5.74) is 1.99. The van der Waals surface area contributed by atoms with Crippen LogP contribution in [0.25, 0.3) is 0 Å². The van der Waals surface area contributed by atoms with Gasteiger partial charge in [0.1, 0.15) is 0 Å². The summed E-state index contributed by atoms with van der Waals surface area (Å²) in [6, 6.07) is 2.53. The van der Waals surface area contributed by atoms with E-state index in [2.05, 4.69) is 33.8 Å². The lowest BCUT2D eigenvalue weighted by atomic mass is 10.1. The summed E-state index contributed by atoms with van der Waals surface area (Å²) >= 11 is 1.72. The van der Waals surface area contributed by atoms with Crippen LogP contribution in [0.1, 0.15) is 19.4 Å². The molecule has 0 aliphatic rings. The maximum absolute atomic E-state index is 11.1. The quantitative estimate of drug-likeness (QED) is 0.625. The second-order valence-electron chi connectivity index (χ2n) is 4.02. The Hall–Kier alpha value is -1.13. The highest BCUT2D eigenvalue weighted by Gasteiger charge is 2.04. The first kappa shape index (κ1) is 13.9. The monoisotopic (exact) mass is 253 g/mol. The molecule has 94 valence electrons. The summed E-state index contributed by atoms with van der Waals surface area (Å²) in [5, 5.41) is 7.60. The molecule has 1 unspecified atom stereocenters. The van der Waals surface area contributed by atoms with Gasteiger partial charge in [0.2, 0.25) is 0 Å². The maximum atomic E-state index is 11.1. The van der Waals surface area contributed by atoms with E-state index in [-0.39, 0.29) is 5.97 Å². The second kappa shape index (κ2) is 7.25. The zero-order valence-electron chi connectivity index (χ0n) is 10.5. The Balaban J connectivity index is 2.29. The average Bonchev–Trinajstić information content (AvgIpc) is 2.80. The Bertz CT molecular complexity index is 371. The normalized spacial score (nSPS) is 13.5.